The van der Waals surface area contributed by atoms with E-state index in [1.165, 1.54) is 0 Å². The number of aromatic nitrogens is 2. The number of ether oxygens (including phenoxy) is 1. The van der Waals surface area contributed by atoms with Crippen LogP contribution in [0.5, 0.6) is 5.75 Å². The van der Waals surface area contributed by atoms with E-state index in [0.29, 0.717) is 24.6 Å². The maximum absolute atomic E-state index is 5.18. The number of hydrogen-bond donors (Lipinski definition) is 0. The van der Waals surface area contributed by atoms with Crippen LogP contribution in [-0.2, 0) is 6.42 Å². The summed E-state index contributed by atoms with van der Waals surface area (Å²) in [5, 5.41) is 3.90. The van der Waals surface area contributed by atoms with Crippen molar-refractivity contribution < 1.29 is 9.26 Å². The largest absolute Gasteiger partial charge is 0.497 e. The van der Waals surface area contributed by atoms with Crippen molar-refractivity contribution in [2.45, 2.75) is 12.8 Å². The van der Waals surface area contributed by atoms with Gasteiger partial charge in [0.05, 0.1) is 7.11 Å². The van der Waals surface area contributed by atoms with Gasteiger partial charge in [0.15, 0.2) is 0 Å². The third-order valence-corrected chi connectivity index (χ3v) is 2.28. The van der Waals surface area contributed by atoms with E-state index < -0.39 is 0 Å². The van der Waals surface area contributed by atoms with Crippen molar-refractivity contribution in [2.24, 2.45) is 0 Å². The van der Waals surface area contributed by atoms with E-state index in [9.17, 15) is 0 Å². The number of methoxy groups -OCH3 is 1. The zero-order valence-corrected chi connectivity index (χ0v) is 9.51. The number of rotatable bonds is 4. The van der Waals surface area contributed by atoms with Crippen LogP contribution in [0.3, 0.4) is 0 Å². The van der Waals surface area contributed by atoms with Gasteiger partial charge < -0.3 is 9.26 Å². The Hall–Kier alpha value is -2.28. The number of hydrogen-bond acceptors (Lipinski definition) is 4. The molecule has 0 unspecified atom stereocenters. The highest BCUT2D eigenvalue weighted by atomic mass is 16.5. The van der Waals surface area contributed by atoms with Crippen molar-refractivity contribution in [1.82, 2.24) is 10.1 Å². The summed E-state index contributed by atoms with van der Waals surface area (Å²) in [5.74, 6) is 4.41. The van der Waals surface area contributed by atoms with Crippen molar-refractivity contribution in [1.29, 1.82) is 0 Å². The molecular weight excluding hydrogens is 216 g/mol. The molecule has 1 aromatic carbocycles. The second-order valence-corrected chi connectivity index (χ2v) is 3.45. The minimum absolute atomic E-state index is 0.552. The van der Waals surface area contributed by atoms with E-state index >= 15 is 0 Å². The van der Waals surface area contributed by atoms with Crippen LogP contribution in [0, 0.1) is 12.3 Å². The Morgan fingerprint density at radius 2 is 2.35 bits per heavy atom. The van der Waals surface area contributed by atoms with E-state index in [1.807, 2.05) is 24.3 Å². The standard InChI is InChI=1S/C13H12N2O2/c1-3-4-8-12-14-13(15-17-12)10-6-5-7-11(9-10)16-2/h1,5-7,9H,4,8H2,2H3. The lowest BCUT2D eigenvalue weighted by Crippen LogP contribution is -1.86. The average molecular weight is 228 g/mol. The first-order valence-corrected chi connectivity index (χ1v) is 5.24. The lowest BCUT2D eigenvalue weighted by molar-refractivity contribution is 0.380. The Balaban J connectivity index is 2.21. The molecule has 86 valence electrons. The van der Waals surface area contributed by atoms with Crippen LogP contribution >= 0.6 is 0 Å². The van der Waals surface area contributed by atoms with Crippen LogP contribution in [0.4, 0.5) is 0 Å². The van der Waals surface area contributed by atoms with Crippen molar-refractivity contribution >= 4 is 0 Å². The first-order chi connectivity index (χ1) is 8.33. The molecule has 0 amide bonds. The lowest BCUT2D eigenvalue weighted by atomic mass is 10.2. The fourth-order valence-corrected chi connectivity index (χ4v) is 1.41. The summed E-state index contributed by atoms with van der Waals surface area (Å²) < 4.78 is 10.2. The third-order valence-electron chi connectivity index (χ3n) is 2.28. The van der Waals surface area contributed by atoms with Crippen molar-refractivity contribution in [3.8, 4) is 29.5 Å². The molecule has 0 fully saturated rings. The van der Waals surface area contributed by atoms with Gasteiger partial charge in [0.25, 0.3) is 0 Å². The number of aryl methyl sites for hydroxylation is 1. The van der Waals surface area contributed by atoms with Crippen LogP contribution in [0.2, 0.25) is 0 Å². The molecule has 2 rings (SSSR count). The molecule has 0 atom stereocenters. The Kier molecular flexibility index (Phi) is 3.41. The third kappa shape index (κ3) is 2.64. The second kappa shape index (κ2) is 5.17. The molecule has 17 heavy (non-hydrogen) atoms. The monoisotopic (exact) mass is 228 g/mol. The zero-order valence-electron chi connectivity index (χ0n) is 9.51. The van der Waals surface area contributed by atoms with Gasteiger partial charge in [-0.3, -0.25) is 0 Å². The quantitative estimate of drug-likeness (QED) is 0.753. The molecule has 0 N–H and O–H groups in total. The van der Waals surface area contributed by atoms with Crippen molar-refractivity contribution in [2.75, 3.05) is 7.11 Å². The summed E-state index contributed by atoms with van der Waals surface area (Å²) in [6.45, 7) is 0. The summed E-state index contributed by atoms with van der Waals surface area (Å²) in [5.41, 5.74) is 0.861. The number of nitrogens with zero attached hydrogens (tertiary/aromatic N) is 2. The van der Waals surface area contributed by atoms with E-state index in [2.05, 4.69) is 16.1 Å². The fraction of sp³-hybridized carbons (Fsp3) is 0.231. The Morgan fingerprint density at radius 1 is 1.47 bits per heavy atom. The van der Waals surface area contributed by atoms with Crippen LogP contribution in [0.15, 0.2) is 28.8 Å². The van der Waals surface area contributed by atoms with Crippen LogP contribution in [0.1, 0.15) is 12.3 Å². The SMILES string of the molecule is C#CCCc1nc(-c2cccc(OC)c2)no1. The first-order valence-electron chi connectivity index (χ1n) is 5.24. The highest BCUT2D eigenvalue weighted by Crippen LogP contribution is 2.21. The van der Waals surface area contributed by atoms with Gasteiger partial charge >= 0.3 is 0 Å². The predicted octanol–water partition coefficient (Wildman–Crippen LogP) is 2.31. The smallest absolute Gasteiger partial charge is 0.227 e. The van der Waals surface area contributed by atoms with Gasteiger partial charge in [0.1, 0.15) is 5.75 Å². The summed E-state index contributed by atoms with van der Waals surface area (Å²) in [7, 11) is 1.62. The van der Waals surface area contributed by atoms with Gasteiger partial charge in [0.2, 0.25) is 11.7 Å². The molecule has 2 aromatic rings. The molecule has 0 spiro atoms. The molecule has 0 saturated heterocycles. The highest BCUT2D eigenvalue weighted by molar-refractivity contribution is 5.56. The molecule has 0 bridgehead atoms. The molecule has 0 saturated carbocycles. The molecule has 1 heterocycles. The maximum atomic E-state index is 5.18. The van der Waals surface area contributed by atoms with Crippen LogP contribution in [-0.4, -0.2) is 17.3 Å². The molecule has 0 aliphatic heterocycles. The average Bonchev–Trinajstić information content (AvgIpc) is 2.85. The summed E-state index contributed by atoms with van der Waals surface area (Å²) >= 11 is 0. The highest BCUT2D eigenvalue weighted by Gasteiger charge is 2.08. The van der Waals surface area contributed by atoms with E-state index in [-0.39, 0.29) is 0 Å². The molecular formula is C13H12N2O2. The minimum Gasteiger partial charge on any atom is -0.497 e. The van der Waals surface area contributed by atoms with Gasteiger partial charge in [-0.15, -0.1) is 12.3 Å². The van der Waals surface area contributed by atoms with Crippen molar-refractivity contribution in [3.05, 3.63) is 30.2 Å². The number of terminal acetylenes is 1. The van der Waals surface area contributed by atoms with Gasteiger partial charge in [0, 0.05) is 18.4 Å². The van der Waals surface area contributed by atoms with Crippen LogP contribution < -0.4 is 4.74 Å². The van der Waals surface area contributed by atoms with Crippen molar-refractivity contribution in [3.63, 3.8) is 0 Å². The maximum Gasteiger partial charge on any atom is 0.227 e. The zero-order chi connectivity index (χ0) is 12.1. The first kappa shape index (κ1) is 11.2. The van der Waals surface area contributed by atoms with Gasteiger partial charge in [-0.2, -0.15) is 4.98 Å². The van der Waals surface area contributed by atoms with Gasteiger partial charge in [-0.05, 0) is 12.1 Å². The second-order valence-electron chi connectivity index (χ2n) is 3.45. The molecule has 1 aromatic heterocycles. The molecule has 0 aliphatic rings. The fourth-order valence-electron chi connectivity index (χ4n) is 1.41. The Labute approximate surface area is 99.6 Å². The minimum atomic E-state index is 0.552. The predicted molar refractivity (Wildman–Crippen MR) is 63.4 cm³/mol. The summed E-state index contributed by atoms with van der Waals surface area (Å²) in [4.78, 5) is 4.26. The van der Waals surface area contributed by atoms with E-state index in [0.717, 1.165) is 11.3 Å². The Morgan fingerprint density at radius 3 is 3.12 bits per heavy atom. The van der Waals surface area contributed by atoms with Gasteiger partial charge in [-0.25, -0.2) is 0 Å². The van der Waals surface area contributed by atoms with Gasteiger partial charge in [-0.1, -0.05) is 17.3 Å². The normalized spacial score (nSPS) is 9.88. The molecule has 4 nitrogen and oxygen atoms in total. The van der Waals surface area contributed by atoms with Crippen LogP contribution in [0.25, 0.3) is 11.4 Å². The summed E-state index contributed by atoms with van der Waals surface area (Å²) in [6.07, 6.45) is 6.38. The Bertz CT molecular complexity index is 540. The summed E-state index contributed by atoms with van der Waals surface area (Å²) in [6, 6.07) is 7.50. The van der Waals surface area contributed by atoms with E-state index in [1.54, 1.807) is 7.11 Å². The molecule has 0 radical (unpaired) electrons. The molecule has 4 heteroatoms. The van der Waals surface area contributed by atoms with E-state index in [4.69, 9.17) is 15.7 Å². The topological polar surface area (TPSA) is 48.2 Å². The lowest BCUT2D eigenvalue weighted by Gasteiger charge is -1.99. The molecule has 0 aliphatic carbocycles. The number of benzene rings is 1.